The Kier molecular flexibility index (Phi) is 5.35. The molecule has 0 amide bonds. The molecule has 0 spiro atoms. The van der Waals surface area contributed by atoms with E-state index in [0.29, 0.717) is 12.2 Å². The van der Waals surface area contributed by atoms with Crippen molar-refractivity contribution in [2.45, 2.75) is 34.1 Å². The summed E-state index contributed by atoms with van der Waals surface area (Å²) in [6, 6.07) is 0. The molecular weight excluding hydrogens is 148 g/mol. The van der Waals surface area contributed by atoms with Crippen molar-refractivity contribution in [3.63, 3.8) is 0 Å². The van der Waals surface area contributed by atoms with Crippen LogP contribution in [0, 0.1) is 5.92 Å². The van der Waals surface area contributed by atoms with Crippen LogP contribution in [-0.4, -0.2) is 5.78 Å². The van der Waals surface area contributed by atoms with E-state index in [0.717, 1.165) is 5.57 Å². The normalized spacial score (nSPS) is 15.2. The maximum atomic E-state index is 11.3. The van der Waals surface area contributed by atoms with E-state index in [-0.39, 0.29) is 5.92 Å². The molecule has 0 aliphatic rings. The molecule has 1 nitrogen and oxygen atoms in total. The minimum Gasteiger partial charge on any atom is -0.299 e. The number of hydrogen-bond acceptors (Lipinski definition) is 1. The first kappa shape index (κ1) is 11.2. The van der Waals surface area contributed by atoms with Gasteiger partial charge in [-0.3, -0.25) is 4.79 Å². The van der Waals surface area contributed by atoms with E-state index >= 15 is 0 Å². The van der Waals surface area contributed by atoms with Crippen LogP contribution < -0.4 is 0 Å². The van der Waals surface area contributed by atoms with E-state index in [1.807, 2.05) is 45.9 Å². The zero-order valence-electron chi connectivity index (χ0n) is 8.42. The summed E-state index contributed by atoms with van der Waals surface area (Å²) >= 11 is 0. The van der Waals surface area contributed by atoms with E-state index in [1.54, 1.807) is 0 Å². The minimum atomic E-state index is 0.0520. The molecule has 0 aliphatic heterocycles. The summed E-state index contributed by atoms with van der Waals surface area (Å²) < 4.78 is 0. The number of allylic oxidation sites excluding steroid dienone is 4. The molecule has 0 aromatic rings. The first-order valence-electron chi connectivity index (χ1n) is 4.48. The van der Waals surface area contributed by atoms with Crippen LogP contribution in [0.5, 0.6) is 0 Å². The van der Waals surface area contributed by atoms with Crippen LogP contribution in [0.25, 0.3) is 0 Å². The van der Waals surface area contributed by atoms with E-state index in [1.165, 1.54) is 0 Å². The van der Waals surface area contributed by atoms with Gasteiger partial charge in [0, 0.05) is 12.3 Å². The summed E-state index contributed by atoms with van der Waals surface area (Å²) in [5, 5.41) is 0. The van der Waals surface area contributed by atoms with Gasteiger partial charge in [-0.15, -0.1) is 0 Å². The molecule has 0 bridgehead atoms. The van der Waals surface area contributed by atoms with Crippen LogP contribution >= 0.6 is 0 Å². The highest BCUT2D eigenvalue weighted by atomic mass is 16.1. The lowest BCUT2D eigenvalue weighted by molar-refractivity contribution is -0.120. The van der Waals surface area contributed by atoms with E-state index in [4.69, 9.17) is 0 Å². The Morgan fingerprint density at radius 3 is 2.33 bits per heavy atom. The van der Waals surface area contributed by atoms with Crippen molar-refractivity contribution in [2.24, 2.45) is 5.92 Å². The smallest absolute Gasteiger partial charge is 0.139 e. The van der Waals surface area contributed by atoms with Gasteiger partial charge in [0.15, 0.2) is 0 Å². The zero-order chi connectivity index (χ0) is 9.56. The van der Waals surface area contributed by atoms with Gasteiger partial charge in [-0.05, 0) is 19.4 Å². The molecule has 0 saturated heterocycles. The Labute approximate surface area is 75.2 Å². The van der Waals surface area contributed by atoms with Crippen molar-refractivity contribution in [2.75, 3.05) is 0 Å². The lowest BCUT2D eigenvalue weighted by Crippen LogP contribution is -2.10. The Balaban J connectivity index is 4.43. The molecule has 0 radical (unpaired) electrons. The topological polar surface area (TPSA) is 17.1 Å². The van der Waals surface area contributed by atoms with Gasteiger partial charge < -0.3 is 0 Å². The Bertz CT molecular complexity index is 199. The average Bonchev–Trinajstić information content (AvgIpc) is 2.11. The van der Waals surface area contributed by atoms with Gasteiger partial charge in [-0.1, -0.05) is 32.1 Å². The lowest BCUT2D eigenvalue weighted by Gasteiger charge is -2.09. The van der Waals surface area contributed by atoms with Gasteiger partial charge in [-0.25, -0.2) is 0 Å². The predicted molar refractivity (Wildman–Crippen MR) is 53.0 cm³/mol. The zero-order valence-corrected chi connectivity index (χ0v) is 8.42. The molecule has 0 rings (SSSR count). The Morgan fingerprint density at radius 2 is 2.00 bits per heavy atom. The molecular formula is C11H18O. The van der Waals surface area contributed by atoms with Crippen LogP contribution in [0.4, 0.5) is 0 Å². The highest BCUT2D eigenvalue weighted by molar-refractivity contribution is 5.83. The number of ketones is 1. The van der Waals surface area contributed by atoms with Crippen LogP contribution in [0.2, 0.25) is 0 Å². The summed E-state index contributed by atoms with van der Waals surface area (Å²) in [6.07, 6.45) is 6.58. The highest BCUT2D eigenvalue weighted by Crippen LogP contribution is 2.14. The van der Waals surface area contributed by atoms with Crippen LogP contribution in [-0.2, 0) is 4.79 Å². The quantitative estimate of drug-likeness (QED) is 0.586. The van der Waals surface area contributed by atoms with Gasteiger partial charge in [0.1, 0.15) is 5.78 Å². The SMILES string of the molecule is C/C=C\C(=C/C)C(C)C(=O)CC. The predicted octanol–water partition coefficient (Wildman–Crippen LogP) is 3.12. The highest BCUT2D eigenvalue weighted by Gasteiger charge is 2.12. The standard InChI is InChI=1S/C11H18O/c1-5-8-10(6-2)9(4)11(12)7-3/h5-6,8-9H,7H2,1-4H3/b8-5-,10-6+. The van der Waals surface area contributed by atoms with E-state index < -0.39 is 0 Å². The number of rotatable bonds is 4. The summed E-state index contributed by atoms with van der Waals surface area (Å²) in [6.45, 7) is 7.80. The number of Topliss-reactive ketones (excluding diaryl/α,β-unsaturated/α-hetero) is 1. The number of hydrogen-bond donors (Lipinski definition) is 0. The Hall–Kier alpha value is -0.850. The third-order valence-corrected chi connectivity index (χ3v) is 2.02. The molecule has 0 fully saturated rings. The summed E-state index contributed by atoms with van der Waals surface area (Å²) in [5.41, 5.74) is 1.12. The van der Waals surface area contributed by atoms with Crippen molar-refractivity contribution in [1.29, 1.82) is 0 Å². The fourth-order valence-corrected chi connectivity index (χ4v) is 1.18. The molecule has 12 heavy (non-hydrogen) atoms. The molecule has 0 aromatic heterocycles. The van der Waals surface area contributed by atoms with Gasteiger partial charge >= 0.3 is 0 Å². The fourth-order valence-electron chi connectivity index (χ4n) is 1.18. The van der Waals surface area contributed by atoms with Crippen LogP contribution in [0.1, 0.15) is 34.1 Å². The Morgan fingerprint density at radius 1 is 1.42 bits per heavy atom. The minimum absolute atomic E-state index is 0.0520. The van der Waals surface area contributed by atoms with Gasteiger partial charge in [0.2, 0.25) is 0 Å². The van der Waals surface area contributed by atoms with Gasteiger partial charge in [0.25, 0.3) is 0 Å². The largest absolute Gasteiger partial charge is 0.299 e. The summed E-state index contributed by atoms with van der Waals surface area (Å²) in [7, 11) is 0. The van der Waals surface area contributed by atoms with Crippen molar-refractivity contribution in [1.82, 2.24) is 0 Å². The number of carbonyl (C=O) groups excluding carboxylic acids is 1. The first-order valence-corrected chi connectivity index (χ1v) is 4.48. The van der Waals surface area contributed by atoms with Gasteiger partial charge in [-0.2, -0.15) is 0 Å². The van der Waals surface area contributed by atoms with Crippen molar-refractivity contribution >= 4 is 5.78 Å². The van der Waals surface area contributed by atoms with Crippen LogP contribution in [0.15, 0.2) is 23.8 Å². The molecule has 0 heterocycles. The molecule has 0 saturated carbocycles. The number of carbonyl (C=O) groups is 1. The van der Waals surface area contributed by atoms with Crippen molar-refractivity contribution in [3.05, 3.63) is 23.8 Å². The second kappa shape index (κ2) is 5.76. The third kappa shape index (κ3) is 3.04. The van der Waals surface area contributed by atoms with E-state index in [2.05, 4.69) is 0 Å². The van der Waals surface area contributed by atoms with Crippen molar-refractivity contribution < 1.29 is 4.79 Å². The second-order valence-corrected chi connectivity index (χ2v) is 2.83. The summed E-state index contributed by atoms with van der Waals surface area (Å²) in [5.74, 6) is 0.359. The van der Waals surface area contributed by atoms with E-state index in [9.17, 15) is 4.79 Å². The monoisotopic (exact) mass is 166 g/mol. The third-order valence-electron chi connectivity index (χ3n) is 2.02. The maximum Gasteiger partial charge on any atom is 0.139 e. The lowest BCUT2D eigenvalue weighted by atomic mass is 9.94. The molecule has 0 N–H and O–H groups in total. The molecule has 1 unspecified atom stereocenters. The second-order valence-electron chi connectivity index (χ2n) is 2.83. The maximum absolute atomic E-state index is 11.3. The van der Waals surface area contributed by atoms with Crippen molar-refractivity contribution in [3.8, 4) is 0 Å². The van der Waals surface area contributed by atoms with Crippen LogP contribution in [0.3, 0.4) is 0 Å². The molecule has 1 atom stereocenters. The average molecular weight is 166 g/mol. The first-order chi connectivity index (χ1) is 5.67. The fraction of sp³-hybridized carbons (Fsp3) is 0.545. The molecule has 68 valence electrons. The summed E-state index contributed by atoms with van der Waals surface area (Å²) in [4.78, 5) is 11.3. The molecule has 0 aliphatic carbocycles. The van der Waals surface area contributed by atoms with Gasteiger partial charge in [0.05, 0.1) is 0 Å². The molecule has 1 heteroatoms. The molecule has 0 aromatic carbocycles.